The van der Waals surface area contributed by atoms with E-state index in [9.17, 15) is 4.79 Å². The molecule has 1 aliphatic carbocycles. The standard InChI is InChI=1S/C19H22N2O/c1-19-9-5-8-15-17(19)18-13(11-20(15)2)12-6-3-4-7-14(12)21(18)16(22)10-19/h3-4,6-7,11,15,17-18H,5,8-10H2,1-2H3/t15-,17+,18+,19-/m0/s1. The van der Waals surface area contributed by atoms with E-state index in [0.717, 1.165) is 5.69 Å². The van der Waals surface area contributed by atoms with Gasteiger partial charge < -0.3 is 9.80 Å². The lowest BCUT2D eigenvalue weighted by atomic mass is 9.57. The minimum absolute atomic E-state index is 0.164. The van der Waals surface area contributed by atoms with E-state index < -0.39 is 0 Å². The number of anilines is 1. The van der Waals surface area contributed by atoms with Gasteiger partial charge in [0.15, 0.2) is 0 Å². The number of carbonyl (C=O) groups is 1. The maximum atomic E-state index is 12.9. The first kappa shape index (κ1) is 12.7. The zero-order valence-electron chi connectivity index (χ0n) is 13.2. The molecule has 1 aromatic rings. The fourth-order valence-corrected chi connectivity index (χ4v) is 5.69. The molecular weight excluding hydrogens is 272 g/mol. The summed E-state index contributed by atoms with van der Waals surface area (Å²) in [4.78, 5) is 17.5. The van der Waals surface area contributed by atoms with Crippen LogP contribution in [0.15, 0.2) is 30.5 Å². The Balaban J connectivity index is 1.77. The first-order valence-electron chi connectivity index (χ1n) is 8.45. The summed E-state index contributed by atoms with van der Waals surface area (Å²) in [6.07, 6.45) is 6.73. The van der Waals surface area contributed by atoms with E-state index in [4.69, 9.17) is 0 Å². The highest BCUT2D eigenvalue weighted by atomic mass is 16.2. The van der Waals surface area contributed by atoms with E-state index in [1.807, 2.05) is 0 Å². The predicted octanol–water partition coefficient (Wildman–Crippen LogP) is 3.27. The summed E-state index contributed by atoms with van der Waals surface area (Å²) in [6, 6.07) is 9.30. The van der Waals surface area contributed by atoms with Crippen LogP contribution in [0.1, 0.15) is 38.2 Å². The largest absolute Gasteiger partial charge is 0.377 e. The highest BCUT2D eigenvalue weighted by molar-refractivity contribution is 6.06. The highest BCUT2D eigenvalue weighted by Crippen LogP contribution is 2.59. The van der Waals surface area contributed by atoms with E-state index in [1.165, 1.54) is 30.4 Å². The molecule has 0 radical (unpaired) electrons. The lowest BCUT2D eigenvalue weighted by Gasteiger charge is -2.58. The number of nitrogens with zero attached hydrogens (tertiary/aromatic N) is 2. The number of carbonyl (C=O) groups excluding carboxylic acids is 1. The lowest BCUT2D eigenvalue weighted by Crippen LogP contribution is -2.63. The number of hydrogen-bond acceptors (Lipinski definition) is 2. The van der Waals surface area contributed by atoms with E-state index in [0.29, 0.717) is 24.3 Å². The summed E-state index contributed by atoms with van der Waals surface area (Å²) < 4.78 is 0. The van der Waals surface area contributed by atoms with Crippen LogP contribution in [0.4, 0.5) is 5.69 Å². The average Bonchev–Trinajstić information content (AvgIpc) is 2.82. The van der Waals surface area contributed by atoms with Crippen LogP contribution < -0.4 is 4.90 Å². The van der Waals surface area contributed by atoms with Gasteiger partial charge in [-0.1, -0.05) is 31.5 Å². The number of rotatable bonds is 0. The Bertz CT molecular complexity index is 709. The Morgan fingerprint density at radius 2 is 2.09 bits per heavy atom. The van der Waals surface area contributed by atoms with Crippen molar-refractivity contribution >= 4 is 17.2 Å². The van der Waals surface area contributed by atoms with Gasteiger partial charge in [0.1, 0.15) is 0 Å². The molecule has 0 unspecified atom stereocenters. The van der Waals surface area contributed by atoms with Gasteiger partial charge in [0.25, 0.3) is 0 Å². The predicted molar refractivity (Wildman–Crippen MR) is 87.3 cm³/mol. The zero-order valence-corrected chi connectivity index (χ0v) is 13.2. The lowest BCUT2D eigenvalue weighted by molar-refractivity contribution is -0.128. The molecule has 1 amide bonds. The van der Waals surface area contributed by atoms with Crippen LogP contribution >= 0.6 is 0 Å². The van der Waals surface area contributed by atoms with Crippen molar-refractivity contribution in [3.05, 3.63) is 36.0 Å². The van der Waals surface area contributed by atoms with Crippen LogP contribution in [0.2, 0.25) is 0 Å². The molecule has 4 aliphatic rings. The van der Waals surface area contributed by atoms with E-state index >= 15 is 0 Å². The number of amides is 1. The highest BCUT2D eigenvalue weighted by Gasteiger charge is 2.59. The number of para-hydroxylation sites is 1. The summed E-state index contributed by atoms with van der Waals surface area (Å²) in [7, 11) is 2.22. The molecule has 4 atom stereocenters. The smallest absolute Gasteiger partial charge is 0.228 e. The quantitative estimate of drug-likeness (QED) is 0.733. The molecular formula is C19H22N2O. The number of hydrogen-bond donors (Lipinski definition) is 0. The number of piperidine rings is 1. The molecule has 114 valence electrons. The fourth-order valence-electron chi connectivity index (χ4n) is 5.69. The van der Waals surface area contributed by atoms with Gasteiger partial charge in [-0.2, -0.15) is 0 Å². The SMILES string of the molecule is CN1C=C2c3ccccc3N3C(=O)C[C@]4(C)CCC[C@H]1[C@@H]4[C@@H]23. The topological polar surface area (TPSA) is 23.6 Å². The maximum absolute atomic E-state index is 12.9. The molecule has 0 bridgehead atoms. The Kier molecular flexibility index (Phi) is 2.29. The second kappa shape index (κ2) is 3.95. The Labute approximate surface area is 131 Å². The van der Waals surface area contributed by atoms with Gasteiger partial charge in [0, 0.05) is 42.8 Å². The van der Waals surface area contributed by atoms with Crippen molar-refractivity contribution in [2.24, 2.45) is 11.3 Å². The van der Waals surface area contributed by atoms with E-state index in [-0.39, 0.29) is 11.5 Å². The second-order valence-corrected chi connectivity index (χ2v) is 7.79. The number of fused-ring (bicyclic) bond motifs is 3. The summed E-state index contributed by atoms with van der Waals surface area (Å²) in [5.41, 5.74) is 3.92. The molecule has 3 heteroatoms. The Hall–Kier alpha value is -1.77. The molecule has 1 saturated heterocycles. The minimum atomic E-state index is 0.164. The van der Waals surface area contributed by atoms with E-state index in [2.05, 4.69) is 54.2 Å². The molecule has 3 aliphatic heterocycles. The first-order valence-corrected chi connectivity index (χ1v) is 8.45. The monoisotopic (exact) mass is 294 g/mol. The maximum Gasteiger partial charge on any atom is 0.228 e. The first-order chi connectivity index (χ1) is 10.6. The number of benzene rings is 1. The zero-order chi connectivity index (χ0) is 15.1. The summed E-state index contributed by atoms with van der Waals surface area (Å²) in [6.45, 7) is 2.36. The summed E-state index contributed by atoms with van der Waals surface area (Å²) in [5, 5.41) is 0. The Morgan fingerprint density at radius 1 is 1.27 bits per heavy atom. The third-order valence-corrected chi connectivity index (χ3v) is 6.57. The van der Waals surface area contributed by atoms with Crippen LogP contribution in [-0.2, 0) is 4.79 Å². The van der Waals surface area contributed by atoms with Crippen LogP contribution in [0.5, 0.6) is 0 Å². The molecule has 3 heterocycles. The third kappa shape index (κ3) is 1.35. The van der Waals surface area contributed by atoms with Crippen LogP contribution in [-0.4, -0.2) is 29.9 Å². The van der Waals surface area contributed by atoms with Crippen molar-refractivity contribution in [1.29, 1.82) is 0 Å². The van der Waals surface area contributed by atoms with Crippen molar-refractivity contribution < 1.29 is 4.79 Å². The van der Waals surface area contributed by atoms with Crippen molar-refractivity contribution in [2.45, 2.75) is 44.7 Å². The minimum Gasteiger partial charge on any atom is -0.377 e. The van der Waals surface area contributed by atoms with Crippen molar-refractivity contribution in [3.8, 4) is 0 Å². The van der Waals surface area contributed by atoms with Crippen molar-refractivity contribution in [2.75, 3.05) is 11.9 Å². The molecule has 1 aromatic carbocycles. The molecule has 0 N–H and O–H groups in total. The van der Waals surface area contributed by atoms with Gasteiger partial charge in [0.05, 0.1) is 11.7 Å². The molecule has 1 saturated carbocycles. The van der Waals surface area contributed by atoms with Gasteiger partial charge in [-0.25, -0.2) is 0 Å². The summed E-state index contributed by atoms with van der Waals surface area (Å²) >= 11 is 0. The van der Waals surface area contributed by atoms with Crippen LogP contribution in [0.3, 0.4) is 0 Å². The molecule has 5 rings (SSSR count). The van der Waals surface area contributed by atoms with Crippen molar-refractivity contribution in [1.82, 2.24) is 4.90 Å². The molecule has 0 spiro atoms. The molecule has 3 nitrogen and oxygen atoms in total. The fraction of sp³-hybridized carbons (Fsp3) is 0.526. The normalized spacial score (nSPS) is 38.5. The van der Waals surface area contributed by atoms with Gasteiger partial charge in [-0.05, 0) is 24.3 Å². The Morgan fingerprint density at radius 3 is 2.95 bits per heavy atom. The average molecular weight is 294 g/mol. The van der Waals surface area contributed by atoms with Crippen LogP contribution in [0.25, 0.3) is 5.57 Å². The van der Waals surface area contributed by atoms with E-state index in [1.54, 1.807) is 0 Å². The molecule has 2 fully saturated rings. The van der Waals surface area contributed by atoms with Gasteiger partial charge in [-0.3, -0.25) is 4.79 Å². The van der Waals surface area contributed by atoms with Gasteiger partial charge in [0.2, 0.25) is 5.91 Å². The van der Waals surface area contributed by atoms with Crippen LogP contribution in [0, 0.1) is 11.3 Å². The second-order valence-electron chi connectivity index (χ2n) is 7.79. The molecule has 0 aromatic heterocycles. The summed E-state index contributed by atoms with van der Waals surface area (Å²) in [5.74, 6) is 0.890. The third-order valence-electron chi connectivity index (χ3n) is 6.57. The van der Waals surface area contributed by atoms with Crippen molar-refractivity contribution in [3.63, 3.8) is 0 Å². The molecule has 22 heavy (non-hydrogen) atoms. The van der Waals surface area contributed by atoms with Gasteiger partial charge in [-0.15, -0.1) is 0 Å². The van der Waals surface area contributed by atoms with Gasteiger partial charge >= 0.3 is 0 Å².